The predicted molar refractivity (Wildman–Crippen MR) is 95.6 cm³/mol. The summed E-state index contributed by atoms with van der Waals surface area (Å²) < 4.78 is 11.6. The third kappa shape index (κ3) is 3.70. The van der Waals surface area contributed by atoms with Crippen molar-refractivity contribution in [3.63, 3.8) is 0 Å². The van der Waals surface area contributed by atoms with Crippen molar-refractivity contribution in [2.24, 2.45) is 5.10 Å². The molecule has 0 aliphatic carbocycles. The number of aryl methyl sites for hydroxylation is 1. The molecule has 0 saturated carbocycles. The summed E-state index contributed by atoms with van der Waals surface area (Å²) in [4.78, 5) is 28.4. The van der Waals surface area contributed by atoms with E-state index in [0.717, 1.165) is 0 Å². The predicted octanol–water partition coefficient (Wildman–Crippen LogP) is 2.18. The minimum absolute atomic E-state index is 0.159. The number of hydrogen-bond acceptors (Lipinski definition) is 7. The van der Waals surface area contributed by atoms with Crippen LogP contribution in [0.15, 0.2) is 44.8 Å². The Labute approximate surface area is 149 Å². The number of nitrogens with one attached hydrogen (secondary N) is 1. The molecule has 1 N–H and O–H groups in total. The Balaban J connectivity index is 1.78. The van der Waals surface area contributed by atoms with Crippen LogP contribution in [-0.2, 0) is 4.74 Å². The third-order valence-electron chi connectivity index (χ3n) is 3.33. The van der Waals surface area contributed by atoms with Gasteiger partial charge in [0, 0.05) is 0 Å². The van der Waals surface area contributed by atoms with E-state index in [9.17, 15) is 9.59 Å². The first-order valence-corrected chi connectivity index (χ1v) is 9.25. The van der Waals surface area contributed by atoms with E-state index in [4.69, 9.17) is 9.15 Å². The number of aromatic nitrogens is 1. The van der Waals surface area contributed by atoms with Gasteiger partial charge in [-0.3, -0.25) is 0 Å². The summed E-state index contributed by atoms with van der Waals surface area (Å²) in [5.74, 6) is -0.347. The molecule has 2 aromatic heterocycles. The van der Waals surface area contributed by atoms with Gasteiger partial charge in [0.2, 0.25) is 0 Å². The maximum absolute atomic E-state index is 12.3. The molecule has 25 heavy (non-hydrogen) atoms. The molecule has 1 aromatic carbocycles. The number of ether oxygens (including phenoxy) is 1. The van der Waals surface area contributed by atoms with Crippen molar-refractivity contribution in [3.05, 3.63) is 56.4 Å². The SMILES string of the molecule is CCOC(=O)c1[se]c(N/N=C/c2coc3ccccc3c2=O)nc1C. The van der Waals surface area contributed by atoms with Gasteiger partial charge >= 0.3 is 149 Å². The van der Waals surface area contributed by atoms with Crippen LogP contribution in [0.5, 0.6) is 0 Å². The zero-order valence-electron chi connectivity index (χ0n) is 13.6. The first-order valence-electron chi connectivity index (χ1n) is 7.54. The fraction of sp³-hybridized carbons (Fsp3) is 0.176. The molecule has 0 fully saturated rings. The monoisotopic (exact) mass is 405 g/mol. The topological polar surface area (TPSA) is 93.8 Å². The fourth-order valence-electron chi connectivity index (χ4n) is 2.17. The second kappa shape index (κ2) is 7.46. The summed E-state index contributed by atoms with van der Waals surface area (Å²) in [5.41, 5.74) is 4.10. The van der Waals surface area contributed by atoms with Crippen molar-refractivity contribution in [1.82, 2.24) is 4.98 Å². The molecule has 7 nitrogen and oxygen atoms in total. The number of fused-ring (bicyclic) bond motifs is 1. The van der Waals surface area contributed by atoms with Gasteiger partial charge in [0.05, 0.1) is 0 Å². The molecule has 0 spiro atoms. The number of nitrogens with zero attached hydrogens (tertiary/aromatic N) is 2. The number of anilines is 1. The van der Waals surface area contributed by atoms with Crippen LogP contribution in [0.3, 0.4) is 0 Å². The molecule has 0 unspecified atom stereocenters. The van der Waals surface area contributed by atoms with Crippen molar-refractivity contribution in [2.45, 2.75) is 13.8 Å². The Hall–Kier alpha value is -2.70. The van der Waals surface area contributed by atoms with Crippen LogP contribution in [0.25, 0.3) is 11.0 Å². The quantitative estimate of drug-likeness (QED) is 0.303. The molecule has 0 bridgehead atoms. The Morgan fingerprint density at radius 3 is 3.04 bits per heavy atom. The molecule has 3 aromatic rings. The average Bonchev–Trinajstić information content (AvgIpc) is 2.98. The first kappa shape index (κ1) is 17.1. The maximum atomic E-state index is 12.3. The van der Waals surface area contributed by atoms with Crippen molar-refractivity contribution in [1.29, 1.82) is 0 Å². The standard InChI is InChI=1S/C17H15N3O4Se/c1-3-23-16(22)15-10(2)19-17(25-15)20-18-8-11-9-24-13-7-5-4-6-12(13)14(11)21/h4-9H,3H2,1-2H3,(H,19,20)/b18-8+. The van der Waals surface area contributed by atoms with Crippen molar-refractivity contribution >= 4 is 42.3 Å². The number of hydrogen-bond donors (Lipinski definition) is 1. The van der Waals surface area contributed by atoms with Crippen LogP contribution in [0.1, 0.15) is 27.4 Å². The van der Waals surface area contributed by atoms with Crippen LogP contribution in [0, 0.1) is 6.92 Å². The van der Waals surface area contributed by atoms with Crippen molar-refractivity contribution < 1.29 is 13.9 Å². The fourth-order valence-corrected chi connectivity index (χ4v) is 3.87. The van der Waals surface area contributed by atoms with Crippen molar-refractivity contribution in [3.8, 4) is 0 Å². The normalized spacial score (nSPS) is 11.1. The van der Waals surface area contributed by atoms with Gasteiger partial charge in [-0.2, -0.15) is 0 Å². The van der Waals surface area contributed by atoms with Crippen molar-refractivity contribution in [2.75, 3.05) is 12.0 Å². The Morgan fingerprint density at radius 2 is 2.24 bits per heavy atom. The van der Waals surface area contributed by atoms with Crippen LogP contribution < -0.4 is 10.9 Å². The third-order valence-corrected chi connectivity index (χ3v) is 5.51. The van der Waals surface area contributed by atoms with E-state index in [1.165, 1.54) is 12.5 Å². The number of hydrazone groups is 1. The summed E-state index contributed by atoms with van der Waals surface area (Å²) in [7, 11) is 0. The number of carbonyl (C=O) groups is 1. The Bertz CT molecular complexity index is 1010. The molecule has 8 heteroatoms. The summed E-state index contributed by atoms with van der Waals surface area (Å²) in [6.07, 6.45) is 2.75. The summed E-state index contributed by atoms with van der Waals surface area (Å²) >= 11 is -0.304. The van der Waals surface area contributed by atoms with Gasteiger partial charge in [-0.1, -0.05) is 0 Å². The molecular weight excluding hydrogens is 389 g/mol. The van der Waals surface area contributed by atoms with E-state index >= 15 is 0 Å². The van der Waals surface area contributed by atoms with Gasteiger partial charge in [-0.25, -0.2) is 0 Å². The molecule has 3 rings (SSSR count). The Morgan fingerprint density at radius 1 is 1.44 bits per heavy atom. The molecule has 0 amide bonds. The first-order chi connectivity index (χ1) is 12.1. The number of para-hydroxylation sites is 1. The molecular formula is C17H15N3O4Se. The van der Waals surface area contributed by atoms with Gasteiger partial charge < -0.3 is 0 Å². The zero-order chi connectivity index (χ0) is 17.8. The number of carbonyl (C=O) groups excluding carboxylic acids is 1. The van der Waals surface area contributed by atoms with E-state index in [1.807, 2.05) is 0 Å². The number of esters is 1. The van der Waals surface area contributed by atoms with E-state index in [1.54, 1.807) is 38.1 Å². The molecule has 2 heterocycles. The molecule has 0 saturated heterocycles. The summed E-state index contributed by atoms with van der Waals surface area (Å²) in [6, 6.07) is 7.02. The summed E-state index contributed by atoms with van der Waals surface area (Å²) in [6.45, 7) is 3.84. The van der Waals surface area contributed by atoms with E-state index in [-0.39, 0.29) is 25.9 Å². The van der Waals surface area contributed by atoms with Crippen LogP contribution in [-0.4, -0.2) is 38.3 Å². The van der Waals surface area contributed by atoms with Crippen LogP contribution >= 0.6 is 0 Å². The molecule has 128 valence electrons. The number of rotatable bonds is 5. The molecule has 0 radical (unpaired) electrons. The van der Waals surface area contributed by atoms with Gasteiger partial charge in [-0.05, 0) is 0 Å². The Kier molecular flexibility index (Phi) is 5.11. The minimum atomic E-state index is -0.347. The zero-order valence-corrected chi connectivity index (χ0v) is 15.3. The second-order valence-electron chi connectivity index (χ2n) is 5.04. The van der Waals surface area contributed by atoms with Gasteiger partial charge in [0.25, 0.3) is 0 Å². The second-order valence-corrected chi connectivity index (χ2v) is 7.14. The van der Waals surface area contributed by atoms with E-state index in [0.29, 0.717) is 38.0 Å². The number of benzene rings is 1. The van der Waals surface area contributed by atoms with Gasteiger partial charge in [0.15, 0.2) is 0 Å². The molecule has 0 atom stereocenters. The summed E-state index contributed by atoms with van der Waals surface area (Å²) in [5, 5.41) is 4.53. The van der Waals surface area contributed by atoms with E-state index in [2.05, 4.69) is 15.5 Å². The average molecular weight is 404 g/mol. The van der Waals surface area contributed by atoms with Crippen LogP contribution in [0.4, 0.5) is 4.69 Å². The molecule has 0 aliphatic rings. The van der Waals surface area contributed by atoms with Gasteiger partial charge in [-0.15, -0.1) is 0 Å². The van der Waals surface area contributed by atoms with Gasteiger partial charge in [0.1, 0.15) is 0 Å². The van der Waals surface area contributed by atoms with Crippen LogP contribution in [0.2, 0.25) is 0 Å². The van der Waals surface area contributed by atoms with E-state index < -0.39 is 0 Å². The molecule has 0 aliphatic heterocycles.